The van der Waals surface area contributed by atoms with Crippen LogP contribution in [-0.4, -0.2) is 62.0 Å². The first-order chi connectivity index (χ1) is 14.0. The lowest BCUT2D eigenvalue weighted by Gasteiger charge is -2.12. The number of benzene rings is 1. The Kier molecular flexibility index (Phi) is 9.59. The van der Waals surface area contributed by atoms with Gasteiger partial charge in [-0.25, -0.2) is 9.98 Å². The fourth-order valence-electron chi connectivity index (χ4n) is 2.65. The van der Waals surface area contributed by atoms with Crippen LogP contribution in [0.25, 0.3) is 0 Å². The fraction of sp³-hybridized carbons (Fsp3) is 0.476. The van der Waals surface area contributed by atoms with Crippen molar-refractivity contribution in [3.63, 3.8) is 0 Å². The number of nitrogens with one attached hydrogen (secondary N) is 3. The highest BCUT2D eigenvalue weighted by Crippen LogP contribution is 2.08. The largest absolute Gasteiger partial charge is 0.357 e. The second-order valence-electron chi connectivity index (χ2n) is 6.99. The number of aromatic nitrogens is 1. The predicted octanol–water partition coefficient (Wildman–Crippen LogP) is 2.04. The van der Waals surface area contributed by atoms with Crippen molar-refractivity contribution < 1.29 is 4.79 Å². The van der Waals surface area contributed by atoms with E-state index < -0.39 is 0 Å². The molecule has 1 heterocycles. The number of guanidine groups is 1. The van der Waals surface area contributed by atoms with Crippen LogP contribution in [-0.2, 0) is 13.0 Å². The Labute approximate surface area is 177 Å². The number of carbonyl (C=O) groups excluding carboxylic acids is 1. The molecule has 1 aromatic carbocycles. The number of likely N-dealkylation sites (N-methyl/N-ethyl adjacent to an activating group) is 1. The predicted molar refractivity (Wildman–Crippen MR) is 121 cm³/mol. The van der Waals surface area contributed by atoms with Gasteiger partial charge in [0.1, 0.15) is 0 Å². The molecule has 1 aromatic heterocycles. The molecule has 0 atom stereocenters. The minimum Gasteiger partial charge on any atom is -0.357 e. The first-order valence-corrected chi connectivity index (χ1v) is 10.8. The van der Waals surface area contributed by atoms with Crippen LogP contribution in [0.4, 0.5) is 0 Å². The van der Waals surface area contributed by atoms with Gasteiger partial charge < -0.3 is 20.9 Å². The van der Waals surface area contributed by atoms with Gasteiger partial charge in [-0.15, -0.1) is 11.3 Å². The molecule has 158 valence electrons. The summed E-state index contributed by atoms with van der Waals surface area (Å²) in [5.41, 5.74) is 2.76. The average Bonchev–Trinajstić information content (AvgIpc) is 3.11. The Morgan fingerprint density at radius 2 is 2.03 bits per heavy atom. The Balaban J connectivity index is 1.89. The molecule has 0 radical (unpaired) electrons. The third-order valence-electron chi connectivity index (χ3n) is 4.14. The van der Waals surface area contributed by atoms with Gasteiger partial charge in [0.2, 0.25) is 0 Å². The molecule has 0 aliphatic rings. The molecule has 0 spiro atoms. The lowest BCUT2D eigenvalue weighted by atomic mass is 10.1. The number of carbonyl (C=O) groups is 1. The molecule has 8 heteroatoms. The second-order valence-corrected chi connectivity index (χ2v) is 8.05. The van der Waals surface area contributed by atoms with Crippen LogP contribution in [0.15, 0.2) is 34.6 Å². The first kappa shape index (κ1) is 22.8. The maximum absolute atomic E-state index is 12.3. The number of nitrogens with zero attached hydrogens (tertiary/aromatic N) is 3. The number of aryl methyl sites for hydroxylation is 1. The van der Waals surface area contributed by atoms with Crippen molar-refractivity contribution in [2.75, 3.05) is 40.3 Å². The summed E-state index contributed by atoms with van der Waals surface area (Å²) in [4.78, 5) is 23.5. The standard InChI is InChI=1S/C21H32N6OS/c1-5-22-21(24-10-9-19-15-29-16(2)26-19)25-14-17-7-6-8-18(13-17)20(28)23-11-12-27(3)4/h6-8,13,15H,5,9-12,14H2,1-4H3,(H,23,28)(H2,22,24,25). The van der Waals surface area contributed by atoms with Gasteiger partial charge in [0, 0.05) is 43.5 Å². The van der Waals surface area contributed by atoms with E-state index in [1.807, 2.05) is 57.1 Å². The summed E-state index contributed by atoms with van der Waals surface area (Å²) in [5.74, 6) is 0.710. The van der Waals surface area contributed by atoms with Gasteiger partial charge in [0.15, 0.2) is 5.96 Å². The molecule has 0 fully saturated rings. The summed E-state index contributed by atoms with van der Waals surface area (Å²) in [6, 6.07) is 7.62. The van der Waals surface area contributed by atoms with E-state index in [-0.39, 0.29) is 5.91 Å². The Bertz CT molecular complexity index is 802. The van der Waals surface area contributed by atoms with Gasteiger partial charge in [-0.1, -0.05) is 12.1 Å². The van der Waals surface area contributed by atoms with Gasteiger partial charge in [0.25, 0.3) is 5.91 Å². The summed E-state index contributed by atoms with van der Waals surface area (Å²) in [7, 11) is 3.97. The minimum absolute atomic E-state index is 0.0544. The van der Waals surface area contributed by atoms with E-state index in [4.69, 9.17) is 0 Å². The molecule has 0 aliphatic carbocycles. The maximum atomic E-state index is 12.3. The lowest BCUT2D eigenvalue weighted by molar-refractivity contribution is 0.0951. The van der Waals surface area contributed by atoms with E-state index in [0.29, 0.717) is 18.7 Å². The van der Waals surface area contributed by atoms with Gasteiger partial charge >= 0.3 is 0 Å². The summed E-state index contributed by atoms with van der Waals surface area (Å²) < 4.78 is 0. The average molecular weight is 417 g/mol. The van der Waals surface area contributed by atoms with E-state index in [0.717, 1.165) is 48.3 Å². The van der Waals surface area contributed by atoms with Crippen molar-refractivity contribution in [2.24, 2.45) is 4.99 Å². The smallest absolute Gasteiger partial charge is 0.251 e. The lowest BCUT2D eigenvalue weighted by Crippen LogP contribution is -2.38. The number of rotatable bonds is 10. The minimum atomic E-state index is -0.0544. The van der Waals surface area contributed by atoms with Crippen molar-refractivity contribution in [3.05, 3.63) is 51.5 Å². The van der Waals surface area contributed by atoms with Crippen LogP contribution in [0, 0.1) is 6.92 Å². The highest BCUT2D eigenvalue weighted by Gasteiger charge is 2.06. The molecule has 0 aliphatic heterocycles. The van der Waals surface area contributed by atoms with E-state index in [9.17, 15) is 4.79 Å². The Hall–Kier alpha value is -2.45. The van der Waals surface area contributed by atoms with Crippen molar-refractivity contribution in [2.45, 2.75) is 26.8 Å². The summed E-state index contributed by atoms with van der Waals surface area (Å²) in [6.07, 6.45) is 0.858. The highest BCUT2D eigenvalue weighted by molar-refractivity contribution is 7.09. The topological polar surface area (TPSA) is 81.7 Å². The number of aliphatic imine (C=N–C) groups is 1. The maximum Gasteiger partial charge on any atom is 0.251 e. The van der Waals surface area contributed by atoms with E-state index in [2.05, 4.69) is 31.3 Å². The third kappa shape index (κ3) is 8.62. The van der Waals surface area contributed by atoms with E-state index >= 15 is 0 Å². The Morgan fingerprint density at radius 1 is 1.21 bits per heavy atom. The molecule has 3 N–H and O–H groups in total. The van der Waals surface area contributed by atoms with Crippen LogP contribution in [0.3, 0.4) is 0 Å². The molecular formula is C21H32N6OS. The molecular weight excluding hydrogens is 384 g/mol. The van der Waals surface area contributed by atoms with Crippen molar-refractivity contribution in [1.82, 2.24) is 25.8 Å². The van der Waals surface area contributed by atoms with Gasteiger partial charge in [-0.05, 0) is 45.6 Å². The zero-order valence-corrected chi connectivity index (χ0v) is 18.6. The molecule has 2 aromatic rings. The zero-order valence-electron chi connectivity index (χ0n) is 17.8. The van der Waals surface area contributed by atoms with Crippen LogP contribution >= 0.6 is 11.3 Å². The van der Waals surface area contributed by atoms with Gasteiger partial charge in [0.05, 0.1) is 17.2 Å². The number of amides is 1. The SMILES string of the molecule is CCNC(=NCc1cccc(C(=O)NCCN(C)C)c1)NCCc1csc(C)n1. The van der Waals surface area contributed by atoms with Gasteiger partial charge in [-0.3, -0.25) is 4.79 Å². The van der Waals surface area contributed by atoms with Crippen molar-refractivity contribution >= 4 is 23.2 Å². The molecule has 29 heavy (non-hydrogen) atoms. The molecule has 1 amide bonds. The first-order valence-electron chi connectivity index (χ1n) is 9.93. The normalized spacial score (nSPS) is 11.6. The quantitative estimate of drug-likeness (QED) is 0.408. The monoisotopic (exact) mass is 416 g/mol. The Morgan fingerprint density at radius 3 is 2.72 bits per heavy atom. The van der Waals surface area contributed by atoms with Crippen molar-refractivity contribution in [1.29, 1.82) is 0 Å². The molecule has 7 nitrogen and oxygen atoms in total. The summed E-state index contributed by atoms with van der Waals surface area (Å²) >= 11 is 1.67. The molecule has 0 bridgehead atoms. The summed E-state index contributed by atoms with van der Waals surface area (Å²) in [5, 5.41) is 12.7. The van der Waals surface area contributed by atoms with E-state index in [1.165, 1.54) is 0 Å². The number of hydrogen-bond donors (Lipinski definition) is 3. The van der Waals surface area contributed by atoms with E-state index in [1.54, 1.807) is 11.3 Å². The zero-order chi connectivity index (χ0) is 21.1. The molecule has 0 saturated carbocycles. The van der Waals surface area contributed by atoms with Crippen LogP contribution in [0.5, 0.6) is 0 Å². The third-order valence-corrected chi connectivity index (χ3v) is 4.96. The molecule has 0 saturated heterocycles. The van der Waals surface area contributed by atoms with Crippen LogP contribution in [0.1, 0.15) is 33.5 Å². The molecule has 2 rings (SSSR count). The van der Waals surface area contributed by atoms with Crippen LogP contribution in [0.2, 0.25) is 0 Å². The molecule has 0 unspecified atom stereocenters. The number of hydrogen-bond acceptors (Lipinski definition) is 5. The summed E-state index contributed by atoms with van der Waals surface area (Å²) in [6.45, 7) is 7.56. The second kappa shape index (κ2) is 12.2. The number of thiazole rings is 1. The fourth-order valence-corrected chi connectivity index (χ4v) is 3.30. The van der Waals surface area contributed by atoms with Crippen LogP contribution < -0.4 is 16.0 Å². The van der Waals surface area contributed by atoms with Gasteiger partial charge in [-0.2, -0.15) is 0 Å². The van der Waals surface area contributed by atoms with Crippen molar-refractivity contribution in [3.8, 4) is 0 Å². The highest BCUT2D eigenvalue weighted by atomic mass is 32.1.